The molecule has 0 radical (unpaired) electrons. The van der Waals surface area contributed by atoms with Crippen LogP contribution in [0.4, 0.5) is 0 Å². The molecule has 2 amide bonds. The van der Waals surface area contributed by atoms with E-state index in [0.29, 0.717) is 5.56 Å². The summed E-state index contributed by atoms with van der Waals surface area (Å²) in [6, 6.07) is 11.7. The number of carbonyl (C=O) groups excluding carboxylic acids is 2. The highest BCUT2D eigenvalue weighted by atomic mass is 35.5. The summed E-state index contributed by atoms with van der Waals surface area (Å²) in [6.07, 6.45) is 1.25. The van der Waals surface area contributed by atoms with Crippen molar-refractivity contribution < 1.29 is 14.7 Å². The van der Waals surface area contributed by atoms with Gasteiger partial charge in [-0.05, 0) is 30.2 Å². The summed E-state index contributed by atoms with van der Waals surface area (Å²) in [4.78, 5) is 23.6. The van der Waals surface area contributed by atoms with Gasteiger partial charge in [0.25, 0.3) is 0 Å². The Morgan fingerprint density at radius 1 is 1.12 bits per heavy atom. The fourth-order valence-corrected chi connectivity index (χ4v) is 2.47. The summed E-state index contributed by atoms with van der Waals surface area (Å²) in [7, 11) is 0. The SMILES string of the molecule is C[C@@H](NC(=O)C(=O)N/N=C/c1cc(Cl)c(O)c(Cl)c1)c1ccccc1. The third-order valence-electron chi connectivity index (χ3n) is 3.27. The van der Waals surface area contributed by atoms with Crippen molar-refractivity contribution in [2.24, 2.45) is 5.10 Å². The number of hydrogen-bond acceptors (Lipinski definition) is 4. The molecule has 8 heteroatoms. The van der Waals surface area contributed by atoms with Crippen molar-refractivity contribution in [1.82, 2.24) is 10.7 Å². The standard InChI is InChI=1S/C17H15Cl2N3O3/c1-10(12-5-3-2-4-6-12)21-16(24)17(25)22-20-9-11-7-13(18)15(23)14(19)8-11/h2-10,23H,1H3,(H,21,24)(H,22,25)/b20-9+/t10-/m1/s1. The molecule has 0 bridgehead atoms. The Labute approximate surface area is 154 Å². The molecule has 0 aliphatic heterocycles. The van der Waals surface area contributed by atoms with E-state index in [4.69, 9.17) is 23.2 Å². The molecule has 0 heterocycles. The molecule has 0 spiro atoms. The molecular weight excluding hydrogens is 365 g/mol. The highest BCUT2D eigenvalue weighted by Gasteiger charge is 2.16. The zero-order chi connectivity index (χ0) is 18.4. The number of benzene rings is 2. The molecule has 0 aliphatic rings. The second kappa shape index (κ2) is 8.50. The van der Waals surface area contributed by atoms with Crippen LogP contribution >= 0.6 is 23.2 Å². The number of carbonyl (C=O) groups is 2. The Kier molecular flexibility index (Phi) is 6.38. The molecule has 6 nitrogen and oxygen atoms in total. The number of rotatable bonds is 4. The van der Waals surface area contributed by atoms with E-state index in [1.807, 2.05) is 30.3 Å². The molecular formula is C17H15Cl2N3O3. The topological polar surface area (TPSA) is 90.8 Å². The highest BCUT2D eigenvalue weighted by molar-refractivity contribution is 6.37. The quantitative estimate of drug-likeness (QED) is 0.433. The van der Waals surface area contributed by atoms with Crippen LogP contribution in [0.2, 0.25) is 10.0 Å². The van der Waals surface area contributed by atoms with Crippen molar-refractivity contribution in [3.63, 3.8) is 0 Å². The molecule has 2 aromatic carbocycles. The molecule has 0 saturated carbocycles. The predicted molar refractivity (Wildman–Crippen MR) is 96.9 cm³/mol. The maximum atomic E-state index is 11.8. The van der Waals surface area contributed by atoms with Gasteiger partial charge in [-0.15, -0.1) is 0 Å². The largest absolute Gasteiger partial charge is 0.505 e. The molecule has 25 heavy (non-hydrogen) atoms. The van der Waals surface area contributed by atoms with Crippen molar-refractivity contribution >= 4 is 41.2 Å². The van der Waals surface area contributed by atoms with E-state index in [9.17, 15) is 14.7 Å². The number of phenols is 1. The maximum absolute atomic E-state index is 11.8. The molecule has 0 aromatic heterocycles. The van der Waals surface area contributed by atoms with Crippen LogP contribution in [0, 0.1) is 0 Å². The Balaban J connectivity index is 1.92. The lowest BCUT2D eigenvalue weighted by Gasteiger charge is -2.13. The van der Waals surface area contributed by atoms with Gasteiger partial charge in [0, 0.05) is 0 Å². The lowest BCUT2D eigenvalue weighted by Crippen LogP contribution is -2.39. The Morgan fingerprint density at radius 3 is 2.32 bits per heavy atom. The molecule has 1 atom stereocenters. The van der Waals surface area contributed by atoms with Gasteiger partial charge in [-0.2, -0.15) is 5.10 Å². The van der Waals surface area contributed by atoms with Crippen LogP contribution in [0.15, 0.2) is 47.6 Å². The first kappa shape index (κ1) is 18.8. The van der Waals surface area contributed by atoms with Gasteiger partial charge in [-0.1, -0.05) is 53.5 Å². The first-order valence-electron chi connectivity index (χ1n) is 7.25. The van der Waals surface area contributed by atoms with Crippen molar-refractivity contribution in [2.45, 2.75) is 13.0 Å². The lowest BCUT2D eigenvalue weighted by molar-refractivity contribution is -0.139. The number of aromatic hydroxyl groups is 1. The van der Waals surface area contributed by atoms with E-state index in [-0.39, 0.29) is 21.8 Å². The summed E-state index contributed by atoms with van der Waals surface area (Å²) in [6.45, 7) is 1.77. The van der Waals surface area contributed by atoms with E-state index in [1.165, 1.54) is 18.3 Å². The van der Waals surface area contributed by atoms with Gasteiger partial charge in [0.1, 0.15) is 0 Å². The first-order chi connectivity index (χ1) is 11.9. The van der Waals surface area contributed by atoms with Crippen molar-refractivity contribution in [1.29, 1.82) is 0 Å². The number of halogens is 2. The van der Waals surface area contributed by atoms with Gasteiger partial charge >= 0.3 is 11.8 Å². The van der Waals surface area contributed by atoms with E-state index in [0.717, 1.165) is 5.56 Å². The second-order valence-corrected chi connectivity index (χ2v) is 5.95. The summed E-state index contributed by atoms with van der Waals surface area (Å²) >= 11 is 11.6. The molecule has 2 aromatic rings. The average molecular weight is 380 g/mol. The molecule has 2 rings (SSSR count). The minimum atomic E-state index is -0.907. The smallest absolute Gasteiger partial charge is 0.329 e. The minimum Gasteiger partial charge on any atom is -0.505 e. The third kappa shape index (κ3) is 5.20. The summed E-state index contributed by atoms with van der Waals surface area (Å²) in [5.74, 6) is -1.95. The fourth-order valence-electron chi connectivity index (χ4n) is 1.96. The molecule has 0 fully saturated rings. The van der Waals surface area contributed by atoms with Crippen LogP contribution in [0.3, 0.4) is 0 Å². The predicted octanol–water partition coefficient (Wildman–Crippen LogP) is 3.03. The van der Waals surface area contributed by atoms with Crippen LogP contribution in [0.1, 0.15) is 24.1 Å². The van der Waals surface area contributed by atoms with Crippen LogP contribution < -0.4 is 10.7 Å². The number of nitrogens with zero attached hydrogens (tertiary/aromatic N) is 1. The molecule has 0 saturated heterocycles. The van der Waals surface area contributed by atoms with Gasteiger partial charge in [-0.3, -0.25) is 9.59 Å². The third-order valence-corrected chi connectivity index (χ3v) is 3.85. The van der Waals surface area contributed by atoms with Gasteiger partial charge < -0.3 is 10.4 Å². The number of nitrogens with one attached hydrogen (secondary N) is 2. The Bertz CT molecular complexity index is 787. The molecule has 0 aliphatic carbocycles. The van der Waals surface area contributed by atoms with Gasteiger partial charge in [0.05, 0.1) is 22.3 Å². The van der Waals surface area contributed by atoms with Crippen LogP contribution in [-0.4, -0.2) is 23.1 Å². The zero-order valence-corrected chi connectivity index (χ0v) is 14.7. The zero-order valence-electron chi connectivity index (χ0n) is 13.2. The molecule has 3 N–H and O–H groups in total. The summed E-state index contributed by atoms with van der Waals surface area (Å²) in [5.41, 5.74) is 3.44. The van der Waals surface area contributed by atoms with Crippen molar-refractivity contribution in [2.75, 3.05) is 0 Å². The summed E-state index contributed by atoms with van der Waals surface area (Å²) in [5, 5.41) is 15.8. The Morgan fingerprint density at radius 2 is 1.72 bits per heavy atom. The lowest BCUT2D eigenvalue weighted by atomic mass is 10.1. The molecule has 130 valence electrons. The monoisotopic (exact) mass is 379 g/mol. The van der Waals surface area contributed by atoms with Crippen LogP contribution in [0.5, 0.6) is 5.75 Å². The number of hydrogen-bond donors (Lipinski definition) is 3. The van der Waals surface area contributed by atoms with Crippen molar-refractivity contribution in [3.05, 3.63) is 63.6 Å². The normalized spacial score (nSPS) is 12.0. The average Bonchev–Trinajstić information content (AvgIpc) is 2.60. The van der Waals surface area contributed by atoms with E-state index >= 15 is 0 Å². The van der Waals surface area contributed by atoms with Gasteiger partial charge in [0.15, 0.2) is 5.75 Å². The Hall–Kier alpha value is -2.57. The first-order valence-corrected chi connectivity index (χ1v) is 8.01. The van der Waals surface area contributed by atoms with Crippen LogP contribution in [0.25, 0.3) is 0 Å². The minimum absolute atomic E-state index is 0.0507. The second-order valence-electron chi connectivity index (χ2n) is 5.14. The van der Waals surface area contributed by atoms with E-state index in [2.05, 4.69) is 15.8 Å². The molecule has 0 unspecified atom stereocenters. The van der Waals surface area contributed by atoms with Crippen molar-refractivity contribution in [3.8, 4) is 5.75 Å². The summed E-state index contributed by atoms with van der Waals surface area (Å²) < 4.78 is 0. The highest BCUT2D eigenvalue weighted by Crippen LogP contribution is 2.32. The maximum Gasteiger partial charge on any atom is 0.329 e. The van der Waals surface area contributed by atoms with Gasteiger partial charge in [-0.25, -0.2) is 5.43 Å². The number of amides is 2. The fraction of sp³-hybridized carbons (Fsp3) is 0.118. The van der Waals surface area contributed by atoms with E-state index in [1.54, 1.807) is 6.92 Å². The van der Waals surface area contributed by atoms with E-state index < -0.39 is 11.8 Å². The number of phenolic OH excluding ortho intramolecular Hbond substituents is 1. The van der Waals surface area contributed by atoms with Gasteiger partial charge in [0.2, 0.25) is 0 Å². The number of hydrazone groups is 1. The van der Waals surface area contributed by atoms with Crippen LogP contribution in [-0.2, 0) is 9.59 Å².